The molecule has 4 heteroatoms. The maximum absolute atomic E-state index is 13.6. The topological polar surface area (TPSA) is 49.4 Å². The molecule has 4 nitrogen and oxygen atoms in total. The molecule has 0 unspecified atom stereocenters. The molecule has 0 aliphatic carbocycles. The van der Waals surface area contributed by atoms with E-state index in [9.17, 15) is 9.59 Å². The molecule has 0 aromatic heterocycles. The van der Waals surface area contributed by atoms with Gasteiger partial charge in [-0.1, -0.05) is 63.2 Å². The van der Waals surface area contributed by atoms with Crippen LogP contribution in [0.15, 0.2) is 72.4 Å². The predicted octanol–water partition coefficient (Wildman–Crippen LogP) is 6.39. The Hall–Kier alpha value is -3.66. The van der Waals surface area contributed by atoms with Gasteiger partial charge in [-0.25, -0.2) is 4.90 Å². The smallest absolute Gasteiger partial charge is 0.282 e. The molecule has 0 radical (unpaired) electrons. The zero-order valence-electron chi connectivity index (χ0n) is 19.9. The van der Waals surface area contributed by atoms with Crippen LogP contribution in [0.3, 0.4) is 0 Å². The fourth-order valence-corrected chi connectivity index (χ4v) is 4.02. The van der Waals surface area contributed by atoms with E-state index in [1.54, 1.807) is 0 Å². The van der Waals surface area contributed by atoms with Gasteiger partial charge in [0.15, 0.2) is 0 Å². The van der Waals surface area contributed by atoms with Gasteiger partial charge in [0.25, 0.3) is 11.8 Å². The molecule has 4 rings (SSSR count). The summed E-state index contributed by atoms with van der Waals surface area (Å²) >= 11 is 0. The van der Waals surface area contributed by atoms with E-state index in [4.69, 9.17) is 0 Å². The molecule has 1 N–H and O–H groups in total. The number of benzene rings is 3. The molecule has 0 fully saturated rings. The molecular formula is C29H30N2O2. The first-order chi connectivity index (χ1) is 15.8. The van der Waals surface area contributed by atoms with Gasteiger partial charge in [-0.2, -0.15) is 0 Å². The number of nitrogens with zero attached hydrogens (tertiary/aromatic N) is 1. The van der Waals surface area contributed by atoms with Crippen molar-refractivity contribution in [3.8, 4) is 0 Å². The molecule has 3 aromatic rings. The standard InChI is InChI=1S/C29H30N2O2/c1-6-21-8-13-24(14-9-21)30-27-26(23-10-7-19(4)20(5)17-23)28(32)31(29(27)33)25-15-11-22(12-16-25)18(2)3/h7-18,30H,6H2,1-5H3. The van der Waals surface area contributed by atoms with Gasteiger partial charge < -0.3 is 5.32 Å². The highest BCUT2D eigenvalue weighted by Crippen LogP contribution is 2.35. The van der Waals surface area contributed by atoms with E-state index in [0.29, 0.717) is 22.9 Å². The van der Waals surface area contributed by atoms with Gasteiger partial charge >= 0.3 is 0 Å². The third-order valence-corrected chi connectivity index (χ3v) is 6.33. The molecule has 0 spiro atoms. The van der Waals surface area contributed by atoms with E-state index in [1.807, 2.05) is 80.6 Å². The highest BCUT2D eigenvalue weighted by molar-refractivity contribution is 6.46. The summed E-state index contributed by atoms with van der Waals surface area (Å²) < 4.78 is 0. The molecule has 0 saturated heterocycles. The number of nitrogens with one attached hydrogen (secondary N) is 1. The average Bonchev–Trinajstić information content (AvgIpc) is 3.05. The minimum atomic E-state index is -0.343. The van der Waals surface area contributed by atoms with Gasteiger partial charge in [0.2, 0.25) is 0 Å². The molecule has 2 amide bonds. The summed E-state index contributed by atoms with van der Waals surface area (Å²) in [4.78, 5) is 28.5. The highest BCUT2D eigenvalue weighted by atomic mass is 16.2. The second-order valence-electron chi connectivity index (χ2n) is 8.92. The van der Waals surface area contributed by atoms with Crippen molar-refractivity contribution in [1.29, 1.82) is 0 Å². The van der Waals surface area contributed by atoms with Crippen molar-refractivity contribution in [3.63, 3.8) is 0 Å². The van der Waals surface area contributed by atoms with Crippen LogP contribution >= 0.6 is 0 Å². The van der Waals surface area contributed by atoms with Crippen LogP contribution in [0.2, 0.25) is 0 Å². The Kier molecular flexibility index (Phi) is 6.19. The molecule has 1 aliphatic rings. The maximum atomic E-state index is 13.6. The van der Waals surface area contributed by atoms with Crippen molar-refractivity contribution in [2.45, 2.75) is 47.0 Å². The van der Waals surface area contributed by atoms with Gasteiger partial charge in [-0.05, 0) is 78.3 Å². The van der Waals surface area contributed by atoms with Crippen LogP contribution in [-0.4, -0.2) is 11.8 Å². The van der Waals surface area contributed by atoms with Crippen molar-refractivity contribution >= 4 is 28.8 Å². The Balaban J connectivity index is 1.78. The van der Waals surface area contributed by atoms with E-state index in [0.717, 1.165) is 34.4 Å². The van der Waals surface area contributed by atoms with Gasteiger partial charge in [-0.15, -0.1) is 0 Å². The second-order valence-corrected chi connectivity index (χ2v) is 8.92. The Morgan fingerprint density at radius 1 is 0.818 bits per heavy atom. The Labute approximate surface area is 195 Å². The van der Waals surface area contributed by atoms with Crippen LogP contribution in [-0.2, 0) is 16.0 Å². The number of imide groups is 1. The quantitative estimate of drug-likeness (QED) is 0.454. The minimum Gasteiger partial charge on any atom is -0.350 e. The van der Waals surface area contributed by atoms with E-state index in [2.05, 4.69) is 26.1 Å². The van der Waals surface area contributed by atoms with Gasteiger partial charge in [0.1, 0.15) is 5.70 Å². The monoisotopic (exact) mass is 438 g/mol. The fourth-order valence-electron chi connectivity index (χ4n) is 4.02. The predicted molar refractivity (Wildman–Crippen MR) is 135 cm³/mol. The zero-order chi connectivity index (χ0) is 23.7. The molecule has 0 saturated carbocycles. The molecule has 3 aromatic carbocycles. The second kappa shape index (κ2) is 9.07. The van der Waals surface area contributed by atoms with Crippen molar-refractivity contribution in [2.75, 3.05) is 10.2 Å². The van der Waals surface area contributed by atoms with Crippen LogP contribution in [0, 0.1) is 13.8 Å². The summed E-state index contributed by atoms with van der Waals surface area (Å²) in [6.45, 7) is 10.4. The van der Waals surface area contributed by atoms with Gasteiger partial charge in [0, 0.05) is 5.69 Å². The third-order valence-electron chi connectivity index (χ3n) is 6.33. The zero-order valence-corrected chi connectivity index (χ0v) is 19.9. The van der Waals surface area contributed by atoms with Crippen molar-refractivity contribution in [3.05, 3.63) is 100 Å². The molecule has 168 valence electrons. The van der Waals surface area contributed by atoms with E-state index >= 15 is 0 Å². The molecule has 33 heavy (non-hydrogen) atoms. The number of anilines is 2. The number of carbonyl (C=O) groups is 2. The Morgan fingerprint density at radius 3 is 2.06 bits per heavy atom. The molecule has 1 aliphatic heterocycles. The Bertz CT molecular complexity index is 1240. The Morgan fingerprint density at radius 2 is 1.48 bits per heavy atom. The summed E-state index contributed by atoms with van der Waals surface area (Å²) in [5.74, 6) is -0.283. The van der Waals surface area contributed by atoms with Gasteiger partial charge in [0.05, 0.1) is 11.3 Å². The van der Waals surface area contributed by atoms with E-state index in [-0.39, 0.29) is 11.8 Å². The number of hydrogen-bond donors (Lipinski definition) is 1. The summed E-state index contributed by atoms with van der Waals surface area (Å²) in [5.41, 5.74) is 7.39. The van der Waals surface area contributed by atoms with Crippen LogP contribution in [0.5, 0.6) is 0 Å². The summed E-state index contributed by atoms with van der Waals surface area (Å²) in [7, 11) is 0. The van der Waals surface area contributed by atoms with Gasteiger partial charge in [-0.3, -0.25) is 9.59 Å². The average molecular weight is 439 g/mol. The lowest BCUT2D eigenvalue weighted by molar-refractivity contribution is -0.120. The first-order valence-electron chi connectivity index (χ1n) is 11.5. The first-order valence-corrected chi connectivity index (χ1v) is 11.5. The summed E-state index contributed by atoms with van der Waals surface area (Å²) in [6.07, 6.45) is 0.939. The SMILES string of the molecule is CCc1ccc(NC2=C(c3ccc(C)c(C)c3)C(=O)N(c3ccc(C(C)C)cc3)C2=O)cc1. The molecule has 0 atom stereocenters. The third kappa shape index (κ3) is 4.34. The number of hydrogen-bond acceptors (Lipinski definition) is 3. The molecule has 1 heterocycles. The first kappa shape index (κ1) is 22.5. The minimum absolute atomic E-state index is 0.306. The van der Waals surface area contributed by atoms with Crippen LogP contribution < -0.4 is 10.2 Å². The summed E-state index contributed by atoms with van der Waals surface area (Å²) in [5, 5.41) is 3.25. The normalized spacial score (nSPS) is 13.9. The summed E-state index contributed by atoms with van der Waals surface area (Å²) in [6, 6.07) is 21.5. The maximum Gasteiger partial charge on any atom is 0.282 e. The highest BCUT2D eigenvalue weighted by Gasteiger charge is 2.40. The van der Waals surface area contributed by atoms with Crippen molar-refractivity contribution in [2.24, 2.45) is 0 Å². The number of aryl methyl sites for hydroxylation is 3. The van der Waals surface area contributed by atoms with E-state index < -0.39 is 0 Å². The molecular weight excluding hydrogens is 408 g/mol. The fraction of sp³-hybridized carbons (Fsp3) is 0.241. The number of carbonyl (C=O) groups excluding carboxylic acids is 2. The van der Waals surface area contributed by atoms with Crippen LogP contribution in [0.4, 0.5) is 11.4 Å². The van der Waals surface area contributed by atoms with Crippen LogP contribution in [0.1, 0.15) is 54.5 Å². The van der Waals surface area contributed by atoms with E-state index in [1.165, 1.54) is 10.5 Å². The van der Waals surface area contributed by atoms with Crippen molar-refractivity contribution < 1.29 is 9.59 Å². The van der Waals surface area contributed by atoms with Crippen LogP contribution in [0.25, 0.3) is 5.57 Å². The lowest BCUT2D eigenvalue weighted by Crippen LogP contribution is -2.32. The number of rotatable bonds is 6. The number of amides is 2. The van der Waals surface area contributed by atoms with Crippen molar-refractivity contribution in [1.82, 2.24) is 0 Å². The largest absolute Gasteiger partial charge is 0.350 e. The lowest BCUT2D eigenvalue weighted by Gasteiger charge is -2.16. The lowest BCUT2D eigenvalue weighted by atomic mass is 9.99. The molecule has 0 bridgehead atoms.